The van der Waals surface area contributed by atoms with Crippen LogP contribution in [0.1, 0.15) is 35.0 Å². The topological polar surface area (TPSA) is 86.0 Å². The minimum Gasteiger partial charge on any atom is -0.462 e. The first-order valence-corrected chi connectivity index (χ1v) is 9.99. The number of hydrogen-bond donors (Lipinski definition) is 0. The fraction of sp³-hybridized carbons (Fsp3) is 0.500. The Morgan fingerprint density at radius 2 is 2.15 bits per heavy atom. The summed E-state index contributed by atoms with van der Waals surface area (Å²) in [6.07, 6.45) is 7.35. The predicted octanol–water partition coefficient (Wildman–Crippen LogP) is 2.68. The molecule has 0 bridgehead atoms. The van der Waals surface area contributed by atoms with Crippen molar-refractivity contribution in [3.05, 3.63) is 29.2 Å². The van der Waals surface area contributed by atoms with Gasteiger partial charge in [-0.05, 0) is 38.2 Å². The number of anilines is 1. The van der Waals surface area contributed by atoms with Gasteiger partial charge in [-0.2, -0.15) is 0 Å². The normalized spacial score (nSPS) is 15.4. The highest BCUT2D eigenvalue weighted by Crippen LogP contribution is 2.36. The van der Waals surface area contributed by atoms with Crippen LogP contribution in [0, 0.1) is 12.8 Å². The number of ether oxygens (including phenoxy) is 1. The molecule has 0 aliphatic carbocycles. The average Bonchev–Trinajstić information content (AvgIpc) is 3.30. The van der Waals surface area contributed by atoms with E-state index in [4.69, 9.17) is 4.74 Å². The van der Waals surface area contributed by atoms with Crippen LogP contribution in [0.2, 0.25) is 0 Å². The van der Waals surface area contributed by atoms with Gasteiger partial charge in [0, 0.05) is 25.8 Å². The number of hydrogen-bond acceptors (Lipinski definition) is 8. The number of fused-ring (bicyclic) bond motifs is 1. The first-order valence-electron chi connectivity index (χ1n) is 9.17. The van der Waals surface area contributed by atoms with Gasteiger partial charge in [0.2, 0.25) is 0 Å². The number of rotatable bonds is 5. The molecule has 8 nitrogen and oxygen atoms in total. The van der Waals surface area contributed by atoms with Gasteiger partial charge in [0.05, 0.1) is 18.2 Å². The fourth-order valence-corrected chi connectivity index (χ4v) is 4.64. The molecule has 0 spiro atoms. The Balaban J connectivity index is 1.55. The smallest absolute Gasteiger partial charge is 0.348 e. The molecule has 1 aliphatic rings. The molecule has 1 aliphatic heterocycles. The summed E-state index contributed by atoms with van der Waals surface area (Å²) in [6, 6.07) is 0. The second kappa shape index (κ2) is 7.59. The Bertz CT molecular complexity index is 931. The standard InChI is InChI=1S/C18H22N6O2S/c1-3-26-18(25)15-12(2)14-16(19-11-20-17(14)27-15)23-7-4-13(5-8-23)10-24-9-6-21-22-24/h6,9,11,13H,3-5,7-8,10H2,1-2H3. The van der Waals surface area contributed by atoms with E-state index in [0.717, 1.165) is 54.1 Å². The molecular formula is C18H22N6O2S. The maximum absolute atomic E-state index is 12.2. The largest absolute Gasteiger partial charge is 0.462 e. The third kappa shape index (κ3) is 3.51. The fourth-order valence-electron chi connectivity index (χ4n) is 3.61. The molecule has 0 atom stereocenters. The van der Waals surface area contributed by atoms with Gasteiger partial charge in [0.1, 0.15) is 21.9 Å². The highest BCUT2D eigenvalue weighted by Gasteiger charge is 2.26. The van der Waals surface area contributed by atoms with E-state index in [-0.39, 0.29) is 5.97 Å². The van der Waals surface area contributed by atoms with Crippen molar-refractivity contribution in [2.24, 2.45) is 5.92 Å². The van der Waals surface area contributed by atoms with E-state index in [9.17, 15) is 4.79 Å². The lowest BCUT2D eigenvalue weighted by Crippen LogP contribution is -2.35. The van der Waals surface area contributed by atoms with Crippen LogP contribution in [0.25, 0.3) is 10.2 Å². The number of esters is 1. The molecule has 0 amide bonds. The first kappa shape index (κ1) is 17.8. The van der Waals surface area contributed by atoms with Crippen molar-refractivity contribution in [2.75, 3.05) is 24.6 Å². The Morgan fingerprint density at radius 3 is 2.85 bits per heavy atom. The molecule has 1 fully saturated rings. The van der Waals surface area contributed by atoms with E-state index >= 15 is 0 Å². The number of thiophene rings is 1. The molecule has 0 N–H and O–H groups in total. The lowest BCUT2D eigenvalue weighted by atomic mass is 9.96. The second-order valence-corrected chi connectivity index (χ2v) is 7.71. The van der Waals surface area contributed by atoms with Crippen molar-refractivity contribution < 1.29 is 9.53 Å². The van der Waals surface area contributed by atoms with E-state index < -0.39 is 0 Å². The highest BCUT2D eigenvalue weighted by molar-refractivity contribution is 7.20. The predicted molar refractivity (Wildman–Crippen MR) is 103 cm³/mol. The van der Waals surface area contributed by atoms with Gasteiger partial charge in [0.25, 0.3) is 0 Å². The van der Waals surface area contributed by atoms with Gasteiger partial charge in [0.15, 0.2) is 0 Å². The molecule has 0 radical (unpaired) electrons. The van der Waals surface area contributed by atoms with E-state index in [0.29, 0.717) is 17.4 Å². The third-order valence-electron chi connectivity index (χ3n) is 5.00. The minimum absolute atomic E-state index is 0.282. The minimum atomic E-state index is -0.282. The van der Waals surface area contributed by atoms with Crippen LogP contribution in [0.3, 0.4) is 0 Å². The molecular weight excluding hydrogens is 364 g/mol. The lowest BCUT2D eigenvalue weighted by molar-refractivity contribution is 0.0531. The summed E-state index contributed by atoms with van der Waals surface area (Å²) >= 11 is 1.38. The average molecular weight is 386 g/mol. The molecule has 3 aromatic heterocycles. The Labute approximate surface area is 161 Å². The summed E-state index contributed by atoms with van der Waals surface area (Å²) in [6.45, 7) is 6.89. The van der Waals surface area contributed by atoms with Crippen LogP contribution in [-0.4, -0.2) is 50.6 Å². The molecule has 0 saturated carbocycles. The summed E-state index contributed by atoms with van der Waals surface area (Å²) in [7, 11) is 0. The van der Waals surface area contributed by atoms with Crippen LogP contribution in [0.4, 0.5) is 5.82 Å². The Hall–Kier alpha value is -2.55. The second-order valence-electron chi connectivity index (χ2n) is 6.71. The van der Waals surface area contributed by atoms with E-state index in [1.54, 1.807) is 12.5 Å². The molecule has 4 heterocycles. The van der Waals surface area contributed by atoms with Crippen molar-refractivity contribution in [1.29, 1.82) is 0 Å². The van der Waals surface area contributed by atoms with Crippen molar-refractivity contribution in [2.45, 2.75) is 33.2 Å². The molecule has 142 valence electrons. The number of piperidine rings is 1. The third-order valence-corrected chi connectivity index (χ3v) is 6.18. The SMILES string of the molecule is CCOC(=O)c1sc2ncnc(N3CCC(Cn4ccnn4)CC3)c2c1C. The van der Waals surface area contributed by atoms with Crippen molar-refractivity contribution in [1.82, 2.24) is 25.0 Å². The monoisotopic (exact) mass is 386 g/mol. The summed E-state index contributed by atoms with van der Waals surface area (Å²) in [5.74, 6) is 1.22. The van der Waals surface area contributed by atoms with Gasteiger partial charge in [-0.15, -0.1) is 16.4 Å². The van der Waals surface area contributed by atoms with Crippen LogP contribution >= 0.6 is 11.3 Å². The number of aromatic nitrogens is 5. The molecule has 1 saturated heterocycles. The Kier molecular flexibility index (Phi) is 5.02. The van der Waals surface area contributed by atoms with E-state index in [2.05, 4.69) is 25.2 Å². The number of carbonyl (C=O) groups is 1. The lowest BCUT2D eigenvalue weighted by Gasteiger charge is -2.33. The van der Waals surface area contributed by atoms with Gasteiger partial charge < -0.3 is 9.64 Å². The maximum Gasteiger partial charge on any atom is 0.348 e. The van der Waals surface area contributed by atoms with Crippen LogP contribution in [-0.2, 0) is 11.3 Å². The van der Waals surface area contributed by atoms with Crippen molar-refractivity contribution in [3.8, 4) is 0 Å². The van der Waals surface area contributed by atoms with Gasteiger partial charge in [-0.25, -0.2) is 14.8 Å². The molecule has 0 unspecified atom stereocenters. The summed E-state index contributed by atoms with van der Waals surface area (Å²) < 4.78 is 7.08. The zero-order valence-electron chi connectivity index (χ0n) is 15.5. The van der Waals surface area contributed by atoms with Gasteiger partial charge >= 0.3 is 5.97 Å². The molecule has 27 heavy (non-hydrogen) atoms. The molecule has 3 aromatic rings. The quantitative estimate of drug-likeness (QED) is 0.623. The van der Waals surface area contributed by atoms with E-state index in [1.165, 1.54) is 11.3 Å². The number of carbonyl (C=O) groups excluding carboxylic acids is 1. The van der Waals surface area contributed by atoms with Gasteiger partial charge in [-0.3, -0.25) is 4.68 Å². The van der Waals surface area contributed by atoms with Crippen molar-refractivity contribution in [3.63, 3.8) is 0 Å². The van der Waals surface area contributed by atoms with Crippen LogP contribution in [0.15, 0.2) is 18.7 Å². The number of aryl methyl sites for hydroxylation is 1. The first-order chi connectivity index (χ1) is 13.2. The highest BCUT2D eigenvalue weighted by atomic mass is 32.1. The number of nitrogens with zero attached hydrogens (tertiary/aromatic N) is 6. The molecule has 9 heteroatoms. The van der Waals surface area contributed by atoms with E-state index in [1.807, 2.05) is 24.7 Å². The van der Waals surface area contributed by atoms with Crippen LogP contribution in [0.5, 0.6) is 0 Å². The van der Waals surface area contributed by atoms with Gasteiger partial charge in [-0.1, -0.05) is 5.21 Å². The zero-order valence-corrected chi connectivity index (χ0v) is 16.3. The summed E-state index contributed by atoms with van der Waals surface area (Å²) in [5.41, 5.74) is 0.911. The maximum atomic E-state index is 12.2. The summed E-state index contributed by atoms with van der Waals surface area (Å²) in [4.78, 5) is 24.9. The van der Waals surface area contributed by atoms with Crippen molar-refractivity contribution >= 4 is 33.3 Å². The zero-order chi connectivity index (χ0) is 18.8. The molecule has 4 rings (SSSR count). The Morgan fingerprint density at radius 1 is 1.33 bits per heavy atom. The molecule has 0 aromatic carbocycles. The van der Waals surface area contributed by atoms with Crippen LogP contribution < -0.4 is 4.90 Å². The summed E-state index contributed by atoms with van der Waals surface area (Å²) in [5, 5.41) is 8.91.